The second-order valence-electron chi connectivity index (χ2n) is 4.73. The molecule has 0 spiro atoms. The van der Waals surface area contributed by atoms with Crippen LogP contribution in [0.2, 0.25) is 0 Å². The molecule has 2 rings (SSSR count). The first-order chi connectivity index (χ1) is 8.97. The molecule has 108 valence electrons. The van der Waals surface area contributed by atoms with Crippen LogP contribution in [0.1, 0.15) is 19.3 Å². The average Bonchev–Trinajstić information content (AvgIpc) is 2.37. The molecule has 2 fully saturated rings. The monoisotopic (exact) mass is 275 g/mol. The van der Waals surface area contributed by atoms with E-state index in [1.54, 1.807) is 0 Å². The number of ether oxygens (including phenoxy) is 1. The highest BCUT2D eigenvalue weighted by atomic mass is 16.6. The molecule has 0 aliphatic carbocycles. The van der Waals surface area contributed by atoms with Crippen LogP contribution in [0.3, 0.4) is 0 Å². The van der Waals surface area contributed by atoms with Crippen LogP contribution in [-0.2, 0) is 14.3 Å². The number of aliphatic hydroxyl groups excluding tert-OH is 4. The van der Waals surface area contributed by atoms with Gasteiger partial charge in [0.15, 0.2) is 6.29 Å². The van der Waals surface area contributed by atoms with Crippen molar-refractivity contribution in [2.75, 3.05) is 6.61 Å². The van der Waals surface area contributed by atoms with Gasteiger partial charge in [0.2, 0.25) is 11.8 Å². The van der Waals surface area contributed by atoms with E-state index in [0.717, 1.165) is 4.90 Å². The van der Waals surface area contributed by atoms with Gasteiger partial charge < -0.3 is 25.2 Å². The van der Waals surface area contributed by atoms with E-state index in [9.17, 15) is 24.9 Å². The number of hydrogen-bond acceptors (Lipinski definition) is 7. The first kappa shape index (κ1) is 14.4. The Hall–Kier alpha value is -1.06. The molecule has 2 aliphatic rings. The van der Waals surface area contributed by atoms with Crippen LogP contribution in [0, 0.1) is 0 Å². The molecule has 2 heterocycles. The summed E-state index contributed by atoms with van der Waals surface area (Å²) in [7, 11) is 0. The Morgan fingerprint density at radius 1 is 1.11 bits per heavy atom. The molecule has 0 aromatic carbocycles. The van der Waals surface area contributed by atoms with E-state index in [2.05, 4.69) is 0 Å². The van der Waals surface area contributed by atoms with Gasteiger partial charge >= 0.3 is 0 Å². The molecule has 2 saturated heterocycles. The summed E-state index contributed by atoms with van der Waals surface area (Å²) in [6.07, 6.45) is -5.14. The Kier molecular flexibility index (Phi) is 4.16. The fourth-order valence-electron chi connectivity index (χ4n) is 2.47. The van der Waals surface area contributed by atoms with Gasteiger partial charge in [0.25, 0.3) is 0 Å². The predicted molar refractivity (Wildman–Crippen MR) is 59.5 cm³/mol. The first-order valence-corrected chi connectivity index (χ1v) is 6.12. The van der Waals surface area contributed by atoms with Crippen molar-refractivity contribution in [2.24, 2.45) is 0 Å². The molecular formula is C11H17NO7. The summed E-state index contributed by atoms with van der Waals surface area (Å²) in [5.74, 6) is -1.03. The minimum Gasteiger partial charge on any atom is -0.394 e. The zero-order valence-corrected chi connectivity index (χ0v) is 10.2. The first-order valence-electron chi connectivity index (χ1n) is 6.12. The fraction of sp³-hybridized carbons (Fsp3) is 0.818. The summed E-state index contributed by atoms with van der Waals surface area (Å²) in [5.41, 5.74) is 0. The second-order valence-corrected chi connectivity index (χ2v) is 4.73. The topological polar surface area (TPSA) is 128 Å². The number of nitrogens with zero attached hydrogens (tertiary/aromatic N) is 1. The molecule has 2 aliphatic heterocycles. The normalized spacial score (nSPS) is 40.6. The van der Waals surface area contributed by atoms with Crippen LogP contribution < -0.4 is 0 Å². The zero-order chi connectivity index (χ0) is 14.2. The number of piperidine rings is 1. The predicted octanol–water partition coefficient (Wildman–Crippen LogP) is -2.67. The van der Waals surface area contributed by atoms with E-state index in [4.69, 9.17) is 9.84 Å². The van der Waals surface area contributed by atoms with Gasteiger partial charge in [-0.25, -0.2) is 0 Å². The number of likely N-dealkylation sites (tertiary alicyclic amines) is 1. The summed E-state index contributed by atoms with van der Waals surface area (Å²) in [5, 5.41) is 38.4. The van der Waals surface area contributed by atoms with E-state index in [0.29, 0.717) is 6.42 Å². The molecule has 0 bridgehead atoms. The lowest BCUT2D eigenvalue weighted by atomic mass is 9.94. The van der Waals surface area contributed by atoms with Crippen molar-refractivity contribution in [3.05, 3.63) is 0 Å². The highest BCUT2D eigenvalue weighted by molar-refractivity contribution is 5.98. The van der Waals surface area contributed by atoms with Gasteiger partial charge in [-0.3, -0.25) is 14.5 Å². The Balaban J connectivity index is 2.22. The minimum absolute atomic E-state index is 0.140. The highest BCUT2D eigenvalue weighted by Gasteiger charge is 2.49. The Morgan fingerprint density at radius 3 is 2.21 bits per heavy atom. The average molecular weight is 275 g/mol. The maximum Gasteiger partial charge on any atom is 0.229 e. The molecule has 2 amide bonds. The van der Waals surface area contributed by atoms with Crippen molar-refractivity contribution in [1.29, 1.82) is 0 Å². The summed E-state index contributed by atoms with van der Waals surface area (Å²) in [6, 6.07) is -1.35. The van der Waals surface area contributed by atoms with Crippen molar-refractivity contribution in [2.45, 2.75) is 49.9 Å². The van der Waals surface area contributed by atoms with Crippen LogP contribution in [-0.4, -0.2) is 74.4 Å². The van der Waals surface area contributed by atoms with E-state index < -0.39 is 49.1 Å². The lowest BCUT2D eigenvalue weighted by molar-refractivity contribution is -0.269. The van der Waals surface area contributed by atoms with Gasteiger partial charge in [0.1, 0.15) is 24.4 Å². The molecule has 5 atom stereocenters. The van der Waals surface area contributed by atoms with Crippen LogP contribution >= 0.6 is 0 Å². The Bertz CT molecular complexity index is 358. The van der Waals surface area contributed by atoms with Gasteiger partial charge in [0, 0.05) is 12.8 Å². The fourth-order valence-corrected chi connectivity index (χ4v) is 2.47. The van der Waals surface area contributed by atoms with Crippen LogP contribution in [0.4, 0.5) is 0 Å². The maximum atomic E-state index is 11.7. The van der Waals surface area contributed by atoms with E-state index in [-0.39, 0.29) is 12.8 Å². The number of carbonyl (C=O) groups is 2. The minimum atomic E-state index is -1.64. The zero-order valence-electron chi connectivity index (χ0n) is 10.2. The quantitative estimate of drug-likeness (QED) is 0.404. The Labute approximate surface area is 109 Å². The SMILES string of the molecule is O=C1CCCC(=O)N1[C@H]1C(O)O[C@H](CO)[C@@H](O)[C@@H]1O. The van der Waals surface area contributed by atoms with Crippen LogP contribution in [0.15, 0.2) is 0 Å². The van der Waals surface area contributed by atoms with Gasteiger partial charge in [-0.2, -0.15) is 0 Å². The van der Waals surface area contributed by atoms with Crippen LogP contribution in [0.5, 0.6) is 0 Å². The summed E-state index contributed by atoms with van der Waals surface area (Å²) < 4.78 is 4.93. The van der Waals surface area contributed by atoms with E-state index in [1.165, 1.54) is 0 Å². The third-order valence-corrected chi connectivity index (χ3v) is 3.48. The van der Waals surface area contributed by atoms with E-state index >= 15 is 0 Å². The molecule has 0 aromatic heterocycles. The van der Waals surface area contributed by atoms with Crippen LogP contribution in [0.25, 0.3) is 0 Å². The standard InChI is InChI=1S/C11H17NO7/c13-4-5-9(16)10(17)8(11(18)19-5)12-6(14)2-1-3-7(12)15/h5,8-11,13,16-18H,1-4H2/t5-,8-,9-,10-,11?/m1/s1. The molecule has 0 saturated carbocycles. The highest BCUT2D eigenvalue weighted by Crippen LogP contribution is 2.27. The number of hydrogen-bond donors (Lipinski definition) is 4. The van der Waals surface area contributed by atoms with Crippen molar-refractivity contribution in [3.8, 4) is 0 Å². The summed E-state index contributed by atoms with van der Waals surface area (Å²) in [4.78, 5) is 24.3. The van der Waals surface area contributed by atoms with E-state index in [1.807, 2.05) is 0 Å². The maximum absolute atomic E-state index is 11.7. The third-order valence-electron chi connectivity index (χ3n) is 3.48. The van der Waals surface area contributed by atoms with Crippen molar-refractivity contribution >= 4 is 11.8 Å². The second kappa shape index (κ2) is 5.51. The molecule has 0 radical (unpaired) electrons. The Morgan fingerprint density at radius 2 is 1.68 bits per heavy atom. The van der Waals surface area contributed by atoms with Gasteiger partial charge in [-0.15, -0.1) is 0 Å². The molecule has 19 heavy (non-hydrogen) atoms. The molecule has 1 unspecified atom stereocenters. The summed E-state index contributed by atoms with van der Waals surface area (Å²) in [6.45, 7) is -0.593. The number of carbonyl (C=O) groups excluding carboxylic acids is 2. The van der Waals surface area contributed by atoms with Crippen molar-refractivity contribution in [3.63, 3.8) is 0 Å². The largest absolute Gasteiger partial charge is 0.394 e. The summed E-state index contributed by atoms with van der Waals surface area (Å²) >= 11 is 0. The molecule has 0 aromatic rings. The smallest absolute Gasteiger partial charge is 0.229 e. The molecule has 8 heteroatoms. The number of imide groups is 1. The lowest BCUT2D eigenvalue weighted by Crippen LogP contribution is -2.66. The lowest BCUT2D eigenvalue weighted by Gasteiger charge is -2.45. The molecule has 8 nitrogen and oxygen atoms in total. The van der Waals surface area contributed by atoms with Gasteiger partial charge in [-0.05, 0) is 6.42 Å². The number of aliphatic hydroxyl groups is 4. The van der Waals surface area contributed by atoms with Crippen molar-refractivity contribution < 1.29 is 34.8 Å². The van der Waals surface area contributed by atoms with Crippen molar-refractivity contribution in [1.82, 2.24) is 4.90 Å². The number of amides is 2. The molecular weight excluding hydrogens is 258 g/mol. The number of rotatable bonds is 2. The van der Waals surface area contributed by atoms with Gasteiger partial charge in [-0.1, -0.05) is 0 Å². The van der Waals surface area contributed by atoms with Gasteiger partial charge in [0.05, 0.1) is 6.61 Å². The third kappa shape index (κ3) is 2.49. The molecule has 4 N–H and O–H groups in total.